The smallest absolute Gasteiger partial charge is 0.242 e. The molecular formula is C15H19Cl2N3O2S. The lowest BCUT2D eigenvalue weighted by atomic mass is 10.2. The minimum Gasteiger partial charge on any atom is -0.353 e. The summed E-state index contributed by atoms with van der Waals surface area (Å²) < 4.78 is 29.6. The molecule has 0 bridgehead atoms. The molecule has 2 rings (SSSR count). The van der Waals surface area contributed by atoms with Gasteiger partial charge in [0.25, 0.3) is 0 Å². The van der Waals surface area contributed by atoms with E-state index in [1.54, 1.807) is 6.07 Å². The largest absolute Gasteiger partial charge is 0.353 e. The first-order valence-electron chi connectivity index (χ1n) is 6.95. The highest BCUT2D eigenvalue weighted by Crippen LogP contribution is 2.25. The zero-order valence-corrected chi connectivity index (χ0v) is 15.5. The lowest BCUT2D eigenvalue weighted by Gasteiger charge is -2.25. The number of benzene rings is 1. The van der Waals surface area contributed by atoms with Gasteiger partial charge in [-0.05, 0) is 44.4 Å². The van der Waals surface area contributed by atoms with E-state index in [-0.39, 0.29) is 22.5 Å². The second-order valence-corrected chi connectivity index (χ2v) is 8.03. The third-order valence-electron chi connectivity index (χ3n) is 3.60. The molecule has 0 aliphatic carbocycles. The van der Waals surface area contributed by atoms with Crippen LogP contribution in [0.2, 0.25) is 10.0 Å². The Morgan fingerprint density at radius 2 is 1.96 bits per heavy atom. The Morgan fingerprint density at radius 3 is 2.52 bits per heavy atom. The van der Waals surface area contributed by atoms with Gasteiger partial charge in [0.2, 0.25) is 10.0 Å². The number of hydrogen-bond acceptors (Lipinski definition) is 3. The van der Waals surface area contributed by atoms with Crippen molar-refractivity contribution in [2.24, 2.45) is 7.05 Å². The number of halogens is 2. The van der Waals surface area contributed by atoms with Crippen molar-refractivity contribution in [3.8, 4) is 0 Å². The molecule has 1 N–H and O–H groups in total. The molecule has 1 aromatic heterocycles. The maximum absolute atomic E-state index is 12.5. The summed E-state index contributed by atoms with van der Waals surface area (Å²) >= 11 is 11.9. The summed E-state index contributed by atoms with van der Waals surface area (Å²) in [6.45, 7) is 0.218. The van der Waals surface area contributed by atoms with Crippen LogP contribution >= 0.6 is 23.2 Å². The topological polar surface area (TPSA) is 54.3 Å². The van der Waals surface area contributed by atoms with E-state index in [1.807, 2.05) is 48.9 Å². The Balaban J connectivity index is 2.23. The number of hydrogen-bond donors (Lipinski definition) is 1. The summed E-state index contributed by atoms with van der Waals surface area (Å²) in [5.41, 5.74) is 1.01. The number of nitrogens with one attached hydrogen (secondary N) is 1. The number of nitrogens with zero attached hydrogens (tertiary/aromatic N) is 2. The highest BCUT2D eigenvalue weighted by molar-refractivity contribution is 7.89. The van der Waals surface area contributed by atoms with Crippen LogP contribution in [-0.2, 0) is 17.1 Å². The number of aromatic nitrogens is 1. The lowest BCUT2D eigenvalue weighted by Crippen LogP contribution is -2.35. The Hall–Kier alpha value is -1.05. The SMILES string of the molecule is CN(C)[C@@H](CNS(=O)(=O)c1cc(Cl)ccc1Cl)c1cccn1C. The van der Waals surface area contributed by atoms with E-state index < -0.39 is 10.0 Å². The third kappa shape index (κ3) is 4.28. The molecule has 0 amide bonds. The Morgan fingerprint density at radius 1 is 1.26 bits per heavy atom. The van der Waals surface area contributed by atoms with Crippen molar-refractivity contribution in [1.29, 1.82) is 0 Å². The van der Waals surface area contributed by atoms with Gasteiger partial charge in [-0.2, -0.15) is 0 Å². The van der Waals surface area contributed by atoms with Gasteiger partial charge in [0, 0.05) is 30.5 Å². The molecule has 0 saturated heterocycles. The van der Waals surface area contributed by atoms with Gasteiger partial charge in [-0.1, -0.05) is 23.2 Å². The van der Waals surface area contributed by atoms with Crippen molar-refractivity contribution in [3.05, 3.63) is 52.3 Å². The van der Waals surface area contributed by atoms with Crippen LogP contribution in [0.25, 0.3) is 0 Å². The number of likely N-dealkylation sites (N-methyl/N-ethyl adjacent to an activating group) is 1. The van der Waals surface area contributed by atoms with Crippen molar-refractivity contribution in [1.82, 2.24) is 14.2 Å². The molecule has 2 aromatic rings. The van der Waals surface area contributed by atoms with Gasteiger partial charge in [0.1, 0.15) is 4.90 Å². The molecule has 1 atom stereocenters. The first-order valence-corrected chi connectivity index (χ1v) is 9.18. The molecule has 0 saturated carbocycles. The standard InChI is InChI=1S/C15H19Cl2N3O2S/c1-19(2)14(13-5-4-8-20(13)3)10-18-23(21,22)15-9-11(16)6-7-12(15)17/h4-9,14,18H,10H2,1-3H3/t14-/m0/s1. The van der Waals surface area contributed by atoms with Crippen molar-refractivity contribution in [3.63, 3.8) is 0 Å². The van der Waals surface area contributed by atoms with E-state index in [2.05, 4.69) is 4.72 Å². The summed E-state index contributed by atoms with van der Waals surface area (Å²) in [6, 6.07) is 8.15. The van der Waals surface area contributed by atoms with Crippen LogP contribution in [0.4, 0.5) is 0 Å². The predicted octanol–water partition coefficient (Wildman–Crippen LogP) is 2.91. The third-order valence-corrected chi connectivity index (χ3v) is 5.74. The average molecular weight is 376 g/mol. The van der Waals surface area contributed by atoms with Crippen LogP contribution in [-0.4, -0.2) is 38.5 Å². The van der Waals surface area contributed by atoms with Gasteiger partial charge in [0.05, 0.1) is 11.1 Å². The maximum Gasteiger partial charge on any atom is 0.242 e. The molecule has 0 spiro atoms. The molecule has 5 nitrogen and oxygen atoms in total. The fraction of sp³-hybridized carbons (Fsp3) is 0.333. The van der Waals surface area contributed by atoms with Crippen LogP contribution in [0.3, 0.4) is 0 Å². The maximum atomic E-state index is 12.5. The normalized spacial score (nSPS) is 13.5. The van der Waals surface area contributed by atoms with E-state index >= 15 is 0 Å². The Bertz CT molecular complexity index is 788. The van der Waals surface area contributed by atoms with Gasteiger partial charge in [0.15, 0.2) is 0 Å². The minimum atomic E-state index is -3.75. The second-order valence-electron chi connectivity index (χ2n) is 5.45. The molecule has 0 unspecified atom stereocenters. The van der Waals surface area contributed by atoms with E-state index in [4.69, 9.17) is 23.2 Å². The highest BCUT2D eigenvalue weighted by Gasteiger charge is 2.23. The fourth-order valence-corrected chi connectivity index (χ4v) is 4.12. The minimum absolute atomic E-state index is 0.0175. The Labute approximate surface area is 146 Å². The molecule has 1 heterocycles. The zero-order chi connectivity index (χ0) is 17.2. The quantitative estimate of drug-likeness (QED) is 0.844. The first kappa shape index (κ1) is 18.3. The fourth-order valence-electron chi connectivity index (χ4n) is 2.32. The molecule has 0 radical (unpaired) electrons. The number of rotatable bonds is 6. The van der Waals surface area contributed by atoms with Gasteiger partial charge in [-0.25, -0.2) is 13.1 Å². The summed E-state index contributed by atoms with van der Waals surface area (Å²) in [5, 5.41) is 0.462. The summed E-state index contributed by atoms with van der Waals surface area (Å²) in [6.07, 6.45) is 1.92. The molecule has 126 valence electrons. The summed E-state index contributed by atoms with van der Waals surface area (Å²) in [7, 11) is 1.98. The molecule has 0 fully saturated rings. The zero-order valence-electron chi connectivity index (χ0n) is 13.1. The Kier molecular flexibility index (Phi) is 5.75. The van der Waals surface area contributed by atoms with Crippen molar-refractivity contribution in [2.75, 3.05) is 20.6 Å². The van der Waals surface area contributed by atoms with Crippen LogP contribution in [0.5, 0.6) is 0 Å². The van der Waals surface area contributed by atoms with E-state index in [0.29, 0.717) is 5.02 Å². The van der Waals surface area contributed by atoms with E-state index in [0.717, 1.165) is 5.69 Å². The molecule has 0 aliphatic rings. The van der Waals surface area contributed by atoms with Crippen molar-refractivity contribution < 1.29 is 8.42 Å². The van der Waals surface area contributed by atoms with Gasteiger partial charge in [-0.3, -0.25) is 4.90 Å². The van der Waals surface area contributed by atoms with E-state index in [9.17, 15) is 8.42 Å². The number of sulfonamides is 1. The monoisotopic (exact) mass is 375 g/mol. The van der Waals surface area contributed by atoms with Gasteiger partial charge < -0.3 is 4.57 Å². The molecule has 8 heteroatoms. The first-order chi connectivity index (χ1) is 10.7. The summed E-state index contributed by atoms with van der Waals surface area (Å²) in [5.74, 6) is 0. The van der Waals surface area contributed by atoms with Gasteiger partial charge >= 0.3 is 0 Å². The summed E-state index contributed by atoms with van der Waals surface area (Å²) in [4.78, 5) is 1.94. The molecule has 0 aliphatic heterocycles. The van der Waals surface area contributed by atoms with Crippen LogP contribution < -0.4 is 4.72 Å². The molecular weight excluding hydrogens is 357 g/mol. The average Bonchev–Trinajstić information content (AvgIpc) is 2.87. The van der Waals surface area contributed by atoms with Crippen LogP contribution in [0, 0.1) is 0 Å². The number of aryl methyl sites for hydroxylation is 1. The predicted molar refractivity (Wildman–Crippen MR) is 93.5 cm³/mol. The van der Waals surface area contributed by atoms with E-state index in [1.165, 1.54) is 12.1 Å². The second kappa shape index (κ2) is 7.23. The highest BCUT2D eigenvalue weighted by atomic mass is 35.5. The van der Waals surface area contributed by atoms with Crippen molar-refractivity contribution >= 4 is 33.2 Å². The van der Waals surface area contributed by atoms with Gasteiger partial charge in [-0.15, -0.1) is 0 Å². The lowest BCUT2D eigenvalue weighted by molar-refractivity contribution is 0.289. The molecule has 23 heavy (non-hydrogen) atoms. The molecule has 1 aromatic carbocycles. The van der Waals surface area contributed by atoms with Crippen molar-refractivity contribution in [2.45, 2.75) is 10.9 Å². The van der Waals surface area contributed by atoms with Crippen LogP contribution in [0.1, 0.15) is 11.7 Å². The van der Waals surface area contributed by atoms with Crippen LogP contribution in [0.15, 0.2) is 41.4 Å².